The van der Waals surface area contributed by atoms with Gasteiger partial charge in [0.05, 0.1) is 18.5 Å². The summed E-state index contributed by atoms with van der Waals surface area (Å²) in [6.07, 6.45) is 3.01. The average Bonchev–Trinajstić information content (AvgIpc) is 2.86. The van der Waals surface area contributed by atoms with Crippen LogP contribution in [-0.4, -0.2) is 28.9 Å². The number of ether oxygens (including phenoxy) is 1. The summed E-state index contributed by atoms with van der Waals surface area (Å²) in [7, 11) is 1.66. The first-order chi connectivity index (χ1) is 17.2. The maximum Gasteiger partial charge on any atom is 0.118 e. The van der Waals surface area contributed by atoms with Crippen LogP contribution in [0.4, 0.5) is 5.69 Å². The Morgan fingerprint density at radius 3 is 1.69 bits per heavy atom. The lowest BCUT2D eigenvalue weighted by atomic mass is 9.63. The molecule has 6 nitrogen and oxygen atoms in total. The fraction of sp³-hybridized carbons (Fsp3) is 0.400. The van der Waals surface area contributed by atoms with Crippen LogP contribution >= 0.6 is 0 Å². The van der Waals surface area contributed by atoms with Crippen molar-refractivity contribution in [3.8, 4) is 5.75 Å². The standard InChI is InChI=1S/C30H35N3O3/c1-29(2)15-22(31-34)27-24(17-29)33(20-9-7-6-8-10-20)25-18-30(3,4)16-23(32-35)28(25)26(27)19-11-13-21(36-5)14-12-19/h6-14,26,34-35H,15-18H2,1-5H3/b31-22+,32-23+. The third kappa shape index (κ3) is 4.08. The van der Waals surface area contributed by atoms with Gasteiger partial charge in [-0.25, -0.2) is 0 Å². The Kier molecular flexibility index (Phi) is 5.93. The second-order valence-corrected chi connectivity index (χ2v) is 11.7. The fourth-order valence-electron chi connectivity index (χ4n) is 6.22. The first-order valence-electron chi connectivity index (χ1n) is 12.6. The molecule has 2 aromatic rings. The van der Waals surface area contributed by atoms with E-state index in [-0.39, 0.29) is 16.7 Å². The number of rotatable bonds is 3. The van der Waals surface area contributed by atoms with E-state index in [1.54, 1.807) is 7.11 Å². The number of hydrogen-bond donors (Lipinski definition) is 2. The number of oxime groups is 2. The number of hydrogen-bond acceptors (Lipinski definition) is 6. The predicted octanol–water partition coefficient (Wildman–Crippen LogP) is 7.11. The molecule has 0 atom stereocenters. The van der Waals surface area contributed by atoms with Gasteiger partial charge in [-0.3, -0.25) is 0 Å². The smallest absolute Gasteiger partial charge is 0.118 e. The van der Waals surface area contributed by atoms with Crippen molar-refractivity contribution in [1.29, 1.82) is 0 Å². The topological polar surface area (TPSA) is 77.7 Å². The monoisotopic (exact) mass is 485 g/mol. The zero-order chi connectivity index (χ0) is 25.7. The molecule has 0 radical (unpaired) electrons. The van der Waals surface area contributed by atoms with E-state index in [1.807, 2.05) is 18.2 Å². The van der Waals surface area contributed by atoms with Gasteiger partial charge >= 0.3 is 0 Å². The van der Waals surface area contributed by atoms with Crippen LogP contribution in [-0.2, 0) is 0 Å². The van der Waals surface area contributed by atoms with E-state index in [0.717, 1.165) is 52.4 Å². The third-order valence-corrected chi connectivity index (χ3v) is 7.65. The van der Waals surface area contributed by atoms with Crippen molar-refractivity contribution in [2.75, 3.05) is 12.0 Å². The zero-order valence-corrected chi connectivity index (χ0v) is 21.7. The summed E-state index contributed by atoms with van der Waals surface area (Å²) in [5.41, 5.74) is 7.67. The minimum absolute atomic E-state index is 0.0754. The Bertz CT molecular complexity index is 1230. The first kappa shape index (κ1) is 24.2. The van der Waals surface area contributed by atoms with Crippen LogP contribution in [0.3, 0.4) is 0 Å². The van der Waals surface area contributed by atoms with Gasteiger partial charge in [0.15, 0.2) is 0 Å². The molecule has 5 rings (SSSR count). The van der Waals surface area contributed by atoms with Gasteiger partial charge in [-0.1, -0.05) is 68.3 Å². The van der Waals surface area contributed by atoms with Gasteiger partial charge in [0.2, 0.25) is 0 Å². The van der Waals surface area contributed by atoms with Gasteiger partial charge < -0.3 is 20.1 Å². The molecule has 0 fully saturated rings. The van der Waals surface area contributed by atoms with Gasteiger partial charge in [0.1, 0.15) is 5.75 Å². The molecular weight excluding hydrogens is 450 g/mol. The van der Waals surface area contributed by atoms with Gasteiger partial charge in [-0.05, 0) is 66.3 Å². The Morgan fingerprint density at radius 1 is 0.750 bits per heavy atom. The van der Waals surface area contributed by atoms with Gasteiger partial charge in [-0.15, -0.1) is 0 Å². The molecule has 0 saturated carbocycles. The first-order valence-corrected chi connectivity index (χ1v) is 12.6. The molecule has 1 heterocycles. The summed E-state index contributed by atoms with van der Waals surface area (Å²) in [5.74, 6) is 0.579. The molecule has 2 aromatic carbocycles. The second kappa shape index (κ2) is 8.84. The Labute approximate surface area is 213 Å². The molecule has 2 N–H and O–H groups in total. The SMILES string of the molecule is COc1ccc(C2C3=C(CC(C)(C)C/C3=N\O)N(c3ccccc3)C3=C2/C(=N/O)CC(C)(C)C3)cc1. The van der Waals surface area contributed by atoms with Crippen molar-refractivity contribution in [2.24, 2.45) is 21.1 Å². The zero-order valence-electron chi connectivity index (χ0n) is 21.7. The highest BCUT2D eigenvalue weighted by Gasteiger charge is 2.48. The van der Waals surface area contributed by atoms with Crippen molar-refractivity contribution < 1.29 is 15.2 Å². The number of benzene rings is 2. The van der Waals surface area contributed by atoms with Crippen LogP contribution in [0, 0.1) is 10.8 Å². The number of methoxy groups -OCH3 is 1. The quantitative estimate of drug-likeness (QED) is 0.359. The van der Waals surface area contributed by atoms with Gasteiger partial charge in [-0.2, -0.15) is 0 Å². The Morgan fingerprint density at radius 2 is 1.25 bits per heavy atom. The van der Waals surface area contributed by atoms with Crippen LogP contribution < -0.4 is 9.64 Å². The van der Waals surface area contributed by atoms with Crippen LogP contribution in [0.5, 0.6) is 5.75 Å². The largest absolute Gasteiger partial charge is 0.497 e. The summed E-state index contributed by atoms with van der Waals surface area (Å²) in [6.45, 7) is 8.90. The highest BCUT2D eigenvalue weighted by molar-refractivity contribution is 6.11. The summed E-state index contributed by atoms with van der Waals surface area (Å²) in [4.78, 5) is 2.35. The molecule has 6 heteroatoms. The van der Waals surface area contributed by atoms with E-state index in [0.29, 0.717) is 24.3 Å². The van der Waals surface area contributed by atoms with E-state index in [9.17, 15) is 10.4 Å². The molecule has 36 heavy (non-hydrogen) atoms. The average molecular weight is 486 g/mol. The minimum atomic E-state index is -0.204. The predicted molar refractivity (Wildman–Crippen MR) is 143 cm³/mol. The van der Waals surface area contributed by atoms with Crippen molar-refractivity contribution >= 4 is 17.1 Å². The molecule has 1 aliphatic heterocycles. The Balaban J connectivity index is 1.85. The molecule has 188 valence electrons. The highest BCUT2D eigenvalue weighted by atomic mass is 16.5. The van der Waals surface area contributed by atoms with Crippen LogP contribution in [0.1, 0.15) is 64.9 Å². The van der Waals surface area contributed by atoms with Gasteiger partial charge in [0, 0.05) is 34.1 Å². The number of nitrogens with zero attached hydrogens (tertiary/aromatic N) is 3. The van der Waals surface area contributed by atoms with E-state index >= 15 is 0 Å². The number of allylic oxidation sites excluding steroid dienone is 4. The van der Waals surface area contributed by atoms with Crippen LogP contribution in [0.25, 0.3) is 0 Å². The lowest BCUT2D eigenvalue weighted by molar-refractivity contribution is 0.299. The van der Waals surface area contributed by atoms with Crippen molar-refractivity contribution in [1.82, 2.24) is 0 Å². The van der Waals surface area contributed by atoms with Crippen LogP contribution in [0.2, 0.25) is 0 Å². The second-order valence-electron chi connectivity index (χ2n) is 11.7. The molecule has 0 spiro atoms. The molecular formula is C30H35N3O3. The van der Waals surface area contributed by atoms with E-state index < -0.39 is 0 Å². The highest BCUT2D eigenvalue weighted by Crippen LogP contribution is 2.55. The molecule has 0 aromatic heterocycles. The fourth-order valence-corrected chi connectivity index (χ4v) is 6.22. The molecule has 3 aliphatic rings. The van der Waals surface area contributed by atoms with Crippen molar-refractivity contribution in [3.05, 3.63) is 82.7 Å². The summed E-state index contributed by atoms with van der Waals surface area (Å²) in [6, 6.07) is 18.4. The van der Waals surface area contributed by atoms with E-state index in [2.05, 4.69) is 79.3 Å². The number of para-hydroxylation sites is 1. The molecule has 0 unspecified atom stereocenters. The number of anilines is 1. The lowest BCUT2D eigenvalue weighted by Crippen LogP contribution is -2.44. The third-order valence-electron chi connectivity index (χ3n) is 7.65. The normalized spacial score (nSPS) is 25.1. The molecule has 0 amide bonds. The molecule has 2 aliphatic carbocycles. The lowest BCUT2D eigenvalue weighted by Gasteiger charge is -2.50. The minimum Gasteiger partial charge on any atom is -0.497 e. The van der Waals surface area contributed by atoms with Crippen molar-refractivity contribution in [2.45, 2.75) is 59.3 Å². The van der Waals surface area contributed by atoms with E-state index in [1.165, 1.54) is 0 Å². The summed E-state index contributed by atoms with van der Waals surface area (Å²) < 4.78 is 5.42. The van der Waals surface area contributed by atoms with Crippen LogP contribution in [0.15, 0.2) is 87.4 Å². The Hall–Kier alpha value is -3.54. The summed E-state index contributed by atoms with van der Waals surface area (Å²) >= 11 is 0. The van der Waals surface area contributed by atoms with E-state index in [4.69, 9.17) is 4.74 Å². The maximum absolute atomic E-state index is 10.3. The summed E-state index contributed by atoms with van der Waals surface area (Å²) in [5, 5.41) is 28.3. The molecule has 0 saturated heterocycles. The van der Waals surface area contributed by atoms with Gasteiger partial charge in [0.25, 0.3) is 0 Å². The van der Waals surface area contributed by atoms with Crippen molar-refractivity contribution in [3.63, 3.8) is 0 Å². The molecule has 0 bridgehead atoms. The maximum atomic E-state index is 10.3.